The third-order valence-electron chi connectivity index (χ3n) is 5.78. The molecule has 2 fully saturated rings. The van der Waals surface area contributed by atoms with Gasteiger partial charge in [-0.3, -0.25) is 9.59 Å². The van der Waals surface area contributed by atoms with Crippen LogP contribution in [0.4, 0.5) is 5.69 Å². The summed E-state index contributed by atoms with van der Waals surface area (Å²) in [5, 5.41) is 2.83. The molecular formula is C23H26ClN3O5S. The summed E-state index contributed by atoms with van der Waals surface area (Å²) in [7, 11) is -3.89. The first-order valence-electron chi connectivity index (χ1n) is 10.9. The first kappa shape index (κ1) is 23.7. The number of benzene rings is 2. The number of hydrogen-bond donors (Lipinski definition) is 2. The van der Waals surface area contributed by atoms with Crippen LogP contribution in [0.15, 0.2) is 47.4 Å². The van der Waals surface area contributed by atoms with Crippen molar-refractivity contribution in [3.05, 3.63) is 58.6 Å². The summed E-state index contributed by atoms with van der Waals surface area (Å²) < 4.78 is 33.4. The molecular weight excluding hydrogens is 466 g/mol. The average Bonchev–Trinajstić information content (AvgIpc) is 3.48. The summed E-state index contributed by atoms with van der Waals surface area (Å²) in [5.74, 6) is -0.296. The maximum atomic E-state index is 12.7. The van der Waals surface area contributed by atoms with E-state index in [4.69, 9.17) is 16.3 Å². The van der Waals surface area contributed by atoms with E-state index in [2.05, 4.69) is 10.0 Å². The van der Waals surface area contributed by atoms with E-state index < -0.39 is 15.9 Å². The van der Waals surface area contributed by atoms with E-state index in [1.807, 2.05) is 24.3 Å². The molecule has 10 heteroatoms. The maximum absolute atomic E-state index is 12.7. The molecule has 2 aliphatic heterocycles. The normalized spacial score (nSPS) is 18.6. The summed E-state index contributed by atoms with van der Waals surface area (Å²) in [6, 6.07) is 11.6. The SMILES string of the molecule is O=C(NCc1ccc(N2CCCC2=O)cc1)c1ccc(Cl)c(S(=O)(=O)NC[C@@H]2CCCO2)c1. The Labute approximate surface area is 198 Å². The van der Waals surface area contributed by atoms with Crippen LogP contribution in [0.25, 0.3) is 0 Å². The second-order valence-corrected chi connectivity index (χ2v) is 10.3. The summed E-state index contributed by atoms with van der Waals surface area (Å²) in [6.07, 6.45) is 2.98. The van der Waals surface area contributed by atoms with Gasteiger partial charge >= 0.3 is 0 Å². The number of halogens is 1. The van der Waals surface area contributed by atoms with Crippen molar-refractivity contribution in [2.45, 2.75) is 43.2 Å². The van der Waals surface area contributed by atoms with Crippen LogP contribution >= 0.6 is 11.6 Å². The molecule has 0 bridgehead atoms. The smallest absolute Gasteiger partial charge is 0.251 e. The largest absolute Gasteiger partial charge is 0.377 e. The second kappa shape index (κ2) is 10.2. The zero-order valence-corrected chi connectivity index (χ0v) is 19.6. The monoisotopic (exact) mass is 491 g/mol. The van der Waals surface area contributed by atoms with Crippen molar-refractivity contribution in [1.29, 1.82) is 0 Å². The van der Waals surface area contributed by atoms with Crippen LogP contribution in [0.1, 0.15) is 41.6 Å². The molecule has 4 rings (SSSR count). The fraction of sp³-hybridized carbons (Fsp3) is 0.391. The van der Waals surface area contributed by atoms with Gasteiger partial charge < -0.3 is 15.0 Å². The third-order valence-corrected chi connectivity index (χ3v) is 7.69. The number of sulfonamides is 1. The predicted molar refractivity (Wildman–Crippen MR) is 125 cm³/mol. The molecule has 176 valence electrons. The molecule has 0 unspecified atom stereocenters. The lowest BCUT2D eigenvalue weighted by Gasteiger charge is -2.16. The Morgan fingerprint density at radius 2 is 1.94 bits per heavy atom. The number of ether oxygens (including phenoxy) is 1. The Hall–Kier alpha value is -2.46. The van der Waals surface area contributed by atoms with Crippen LogP contribution in [0.5, 0.6) is 0 Å². The van der Waals surface area contributed by atoms with E-state index >= 15 is 0 Å². The molecule has 0 saturated carbocycles. The Bertz CT molecular complexity index is 1130. The van der Waals surface area contributed by atoms with Gasteiger partial charge in [0, 0.05) is 43.9 Å². The standard InChI is InChI=1S/C23H26ClN3O5S/c24-20-10-7-17(13-21(20)33(30,31)26-15-19-3-2-12-32-19)23(29)25-14-16-5-8-18(9-6-16)27-11-1-4-22(27)28/h5-10,13,19,26H,1-4,11-12,14-15H2,(H,25,29)/t19-/m0/s1. The van der Waals surface area contributed by atoms with Gasteiger partial charge in [0.25, 0.3) is 5.91 Å². The minimum Gasteiger partial charge on any atom is -0.377 e. The summed E-state index contributed by atoms with van der Waals surface area (Å²) in [4.78, 5) is 26.1. The molecule has 2 aliphatic rings. The molecule has 0 aliphatic carbocycles. The average molecular weight is 492 g/mol. The van der Waals surface area contributed by atoms with Gasteiger partial charge in [-0.15, -0.1) is 0 Å². The quantitative estimate of drug-likeness (QED) is 0.590. The van der Waals surface area contributed by atoms with Gasteiger partial charge in [-0.05, 0) is 55.2 Å². The van der Waals surface area contributed by atoms with Crippen molar-refractivity contribution in [1.82, 2.24) is 10.0 Å². The first-order valence-corrected chi connectivity index (χ1v) is 12.8. The van der Waals surface area contributed by atoms with Crippen LogP contribution in [0.3, 0.4) is 0 Å². The molecule has 2 saturated heterocycles. The number of rotatable bonds is 8. The van der Waals surface area contributed by atoms with Gasteiger partial charge in [0.2, 0.25) is 15.9 Å². The van der Waals surface area contributed by atoms with Crippen molar-refractivity contribution in [3.8, 4) is 0 Å². The highest BCUT2D eigenvalue weighted by Gasteiger charge is 2.24. The lowest BCUT2D eigenvalue weighted by atomic mass is 10.1. The molecule has 8 nitrogen and oxygen atoms in total. The van der Waals surface area contributed by atoms with Crippen molar-refractivity contribution in [3.63, 3.8) is 0 Å². The van der Waals surface area contributed by atoms with Crippen LogP contribution in [-0.4, -0.2) is 46.0 Å². The lowest BCUT2D eigenvalue weighted by molar-refractivity contribution is -0.117. The number of anilines is 1. The fourth-order valence-corrected chi connectivity index (χ4v) is 5.53. The van der Waals surface area contributed by atoms with E-state index in [9.17, 15) is 18.0 Å². The number of nitrogens with zero attached hydrogens (tertiary/aromatic N) is 1. The minimum atomic E-state index is -3.89. The highest BCUT2D eigenvalue weighted by molar-refractivity contribution is 7.89. The molecule has 2 aromatic carbocycles. The molecule has 1 atom stereocenters. The zero-order chi connectivity index (χ0) is 23.4. The fourth-order valence-electron chi connectivity index (χ4n) is 3.94. The topological polar surface area (TPSA) is 105 Å². The van der Waals surface area contributed by atoms with Gasteiger partial charge in [0.15, 0.2) is 0 Å². The van der Waals surface area contributed by atoms with E-state index in [0.717, 1.165) is 37.1 Å². The van der Waals surface area contributed by atoms with Crippen molar-refractivity contribution in [2.24, 2.45) is 0 Å². The Morgan fingerprint density at radius 1 is 1.15 bits per heavy atom. The number of amides is 2. The van der Waals surface area contributed by atoms with Gasteiger partial charge in [-0.25, -0.2) is 13.1 Å². The Balaban J connectivity index is 1.38. The minimum absolute atomic E-state index is 0.0402. The molecule has 2 amide bonds. The number of carbonyl (C=O) groups is 2. The van der Waals surface area contributed by atoms with E-state index in [1.165, 1.54) is 18.2 Å². The van der Waals surface area contributed by atoms with Gasteiger partial charge in [0.1, 0.15) is 4.90 Å². The molecule has 0 radical (unpaired) electrons. The highest BCUT2D eigenvalue weighted by atomic mass is 35.5. The molecule has 2 N–H and O–H groups in total. The van der Waals surface area contributed by atoms with Crippen molar-refractivity contribution in [2.75, 3.05) is 24.6 Å². The van der Waals surface area contributed by atoms with Crippen LogP contribution < -0.4 is 14.9 Å². The lowest BCUT2D eigenvalue weighted by Crippen LogP contribution is -2.32. The second-order valence-electron chi connectivity index (χ2n) is 8.13. The Kier molecular flexibility index (Phi) is 7.33. The van der Waals surface area contributed by atoms with Crippen LogP contribution in [0, 0.1) is 0 Å². The zero-order valence-electron chi connectivity index (χ0n) is 18.1. The number of hydrogen-bond acceptors (Lipinski definition) is 5. The molecule has 33 heavy (non-hydrogen) atoms. The van der Waals surface area contributed by atoms with Crippen LogP contribution in [-0.2, 0) is 26.1 Å². The number of nitrogens with one attached hydrogen (secondary N) is 2. The maximum Gasteiger partial charge on any atom is 0.251 e. The Morgan fingerprint density at radius 3 is 2.61 bits per heavy atom. The third kappa shape index (κ3) is 5.73. The number of carbonyl (C=O) groups excluding carboxylic acids is 2. The van der Waals surface area contributed by atoms with Gasteiger partial charge in [0.05, 0.1) is 11.1 Å². The van der Waals surface area contributed by atoms with E-state index in [-0.39, 0.29) is 40.6 Å². The molecule has 0 spiro atoms. The molecule has 2 heterocycles. The summed E-state index contributed by atoms with van der Waals surface area (Å²) in [5.41, 5.74) is 1.89. The van der Waals surface area contributed by atoms with Gasteiger partial charge in [-0.1, -0.05) is 23.7 Å². The van der Waals surface area contributed by atoms with Crippen molar-refractivity contribution >= 4 is 39.1 Å². The summed E-state index contributed by atoms with van der Waals surface area (Å²) in [6.45, 7) is 1.77. The summed E-state index contributed by atoms with van der Waals surface area (Å²) >= 11 is 6.12. The molecule has 2 aromatic rings. The highest BCUT2D eigenvalue weighted by Crippen LogP contribution is 2.24. The van der Waals surface area contributed by atoms with E-state index in [0.29, 0.717) is 13.0 Å². The first-order chi connectivity index (χ1) is 15.8. The van der Waals surface area contributed by atoms with Crippen molar-refractivity contribution < 1.29 is 22.7 Å². The predicted octanol–water partition coefficient (Wildman–Crippen LogP) is 2.85. The van der Waals surface area contributed by atoms with Gasteiger partial charge in [-0.2, -0.15) is 0 Å². The molecule has 0 aromatic heterocycles. The van der Waals surface area contributed by atoms with Crippen LogP contribution in [0.2, 0.25) is 5.02 Å². The van der Waals surface area contributed by atoms with E-state index in [1.54, 1.807) is 4.90 Å².